The van der Waals surface area contributed by atoms with Gasteiger partial charge in [0.2, 0.25) is 0 Å². The smallest absolute Gasteiger partial charge is 0.0700 e. The lowest BCUT2D eigenvalue weighted by Gasteiger charge is -2.50. The summed E-state index contributed by atoms with van der Waals surface area (Å²) >= 11 is 0. The lowest BCUT2D eigenvalue weighted by molar-refractivity contribution is -0.0824. The average Bonchev–Trinajstić information content (AvgIpc) is 2.47. The van der Waals surface area contributed by atoms with Gasteiger partial charge in [0.1, 0.15) is 0 Å². The highest BCUT2D eigenvalue weighted by Crippen LogP contribution is 2.39. The molecular formula is C16H32N2O. The Labute approximate surface area is 118 Å². The Morgan fingerprint density at radius 1 is 1.32 bits per heavy atom. The summed E-state index contributed by atoms with van der Waals surface area (Å²) in [6.45, 7) is 10.8. The molecule has 1 atom stereocenters. The Hall–Kier alpha value is -0.120. The molecule has 1 aliphatic heterocycles. The summed E-state index contributed by atoms with van der Waals surface area (Å²) in [4.78, 5) is 2.65. The maximum absolute atomic E-state index is 6.20. The van der Waals surface area contributed by atoms with Gasteiger partial charge >= 0.3 is 0 Å². The van der Waals surface area contributed by atoms with Gasteiger partial charge in [-0.3, -0.25) is 4.90 Å². The molecule has 1 saturated heterocycles. The fourth-order valence-electron chi connectivity index (χ4n) is 3.89. The number of rotatable bonds is 4. The first kappa shape index (κ1) is 15.3. The maximum Gasteiger partial charge on any atom is 0.0700 e. The average molecular weight is 268 g/mol. The molecule has 0 aromatic carbocycles. The van der Waals surface area contributed by atoms with Crippen LogP contribution in [-0.4, -0.2) is 42.8 Å². The topological polar surface area (TPSA) is 38.5 Å². The lowest BCUT2D eigenvalue weighted by atomic mass is 9.71. The van der Waals surface area contributed by atoms with Crippen LogP contribution in [0.4, 0.5) is 0 Å². The maximum atomic E-state index is 6.20. The SMILES string of the molecule is CCC1CN(C2(CN)CCC(C(C)C)CC2)CCO1. The fraction of sp³-hybridized carbons (Fsp3) is 1.00. The van der Waals surface area contributed by atoms with E-state index in [1.54, 1.807) is 0 Å². The molecule has 0 spiro atoms. The Balaban J connectivity index is 1.99. The summed E-state index contributed by atoms with van der Waals surface area (Å²) in [5, 5.41) is 0. The molecule has 0 bridgehead atoms. The van der Waals surface area contributed by atoms with E-state index in [0.29, 0.717) is 6.10 Å². The summed E-state index contributed by atoms with van der Waals surface area (Å²) in [6, 6.07) is 0. The molecule has 112 valence electrons. The molecule has 0 aromatic rings. The third-order valence-corrected chi connectivity index (χ3v) is 5.55. The minimum Gasteiger partial charge on any atom is -0.376 e. The van der Waals surface area contributed by atoms with Crippen LogP contribution < -0.4 is 5.73 Å². The van der Waals surface area contributed by atoms with E-state index in [4.69, 9.17) is 10.5 Å². The molecule has 2 rings (SSSR count). The first-order valence-corrected chi connectivity index (χ1v) is 8.18. The largest absolute Gasteiger partial charge is 0.376 e. The molecule has 1 unspecified atom stereocenters. The number of nitrogens with zero attached hydrogens (tertiary/aromatic N) is 1. The highest BCUT2D eigenvalue weighted by molar-refractivity contribution is 4.97. The van der Waals surface area contributed by atoms with Crippen molar-refractivity contribution >= 4 is 0 Å². The van der Waals surface area contributed by atoms with Crippen molar-refractivity contribution in [2.75, 3.05) is 26.2 Å². The predicted octanol–water partition coefficient (Wildman–Crippen LogP) is 2.64. The van der Waals surface area contributed by atoms with Crippen LogP contribution in [0.1, 0.15) is 52.9 Å². The third-order valence-electron chi connectivity index (χ3n) is 5.55. The molecule has 3 nitrogen and oxygen atoms in total. The zero-order valence-corrected chi connectivity index (χ0v) is 13.0. The first-order valence-electron chi connectivity index (χ1n) is 8.18. The van der Waals surface area contributed by atoms with Crippen LogP contribution in [0.3, 0.4) is 0 Å². The predicted molar refractivity (Wildman–Crippen MR) is 80.2 cm³/mol. The van der Waals surface area contributed by atoms with Crippen molar-refractivity contribution in [1.82, 2.24) is 4.90 Å². The van der Waals surface area contributed by atoms with Crippen LogP contribution in [-0.2, 0) is 4.74 Å². The van der Waals surface area contributed by atoms with Crippen LogP contribution in [0, 0.1) is 11.8 Å². The normalized spacial score (nSPS) is 37.7. The van der Waals surface area contributed by atoms with Crippen LogP contribution in [0.2, 0.25) is 0 Å². The van der Waals surface area contributed by atoms with Crippen molar-refractivity contribution in [2.45, 2.75) is 64.5 Å². The van der Waals surface area contributed by atoms with Gasteiger partial charge in [-0.05, 0) is 43.9 Å². The number of hydrogen-bond donors (Lipinski definition) is 1. The van der Waals surface area contributed by atoms with Gasteiger partial charge in [-0.25, -0.2) is 0 Å². The summed E-state index contributed by atoms with van der Waals surface area (Å²) in [5.74, 6) is 1.73. The van der Waals surface area contributed by atoms with E-state index >= 15 is 0 Å². The van der Waals surface area contributed by atoms with E-state index in [1.807, 2.05) is 0 Å². The zero-order valence-electron chi connectivity index (χ0n) is 13.0. The van der Waals surface area contributed by atoms with E-state index < -0.39 is 0 Å². The van der Waals surface area contributed by atoms with E-state index in [1.165, 1.54) is 25.7 Å². The molecule has 3 heteroatoms. The quantitative estimate of drug-likeness (QED) is 0.852. The van der Waals surface area contributed by atoms with Gasteiger partial charge in [0.15, 0.2) is 0 Å². The molecule has 1 saturated carbocycles. The summed E-state index contributed by atoms with van der Waals surface area (Å²) < 4.78 is 5.81. The van der Waals surface area contributed by atoms with Gasteiger partial charge < -0.3 is 10.5 Å². The number of nitrogens with two attached hydrogens (primary N) is 1. The molecule has 1 heterocycles. The molecule has 1 aliphatic carbocycles. The van der Waals surface area contributed by atoms with Crippen LogP contribution in [0.25, 0.3) is 0 Å². The number of ether oxygens (including phenoxy) is 1. The second-order valence-electron chi connectivity index (χ2n) is 6.86. The van der Waals surface area contributed by atoms with Crippen molar-refractivity contribution in [3.05, 3.63) is 0 Å². The lowest BCUT2D eigenvalue weighted by Crippen LogP contribution is -2.60. The first-order chi connectivity index (χ1) is 9.11. The van der Waals surface area contributed by atoms with Gasteiger partial charge in [0.25, 0.3) is 0 Å². The Bertz CT molecular complexity index is 272. The molecule has 2 N–H and O–H groups in total. The monoisotopic (exact) mass is 268 g/mol. The molecule has 2 aliphatic rings. The van der Waals surface area contributed by atoms with E-state index in [-0.39, 0.29) is 5.54 Å². The standard InChI is InChI=1S/C16H32N2O/c1-4-15-11-18(9-10-19-15)16(12-17)7-5-14(6-8-16)13(2)3/h13-15H,4-12,17H2,1-3H3. The molecule has 0 radical (unpaired) electrons. The van der Waals surface area contributed by atoms with E-state index in [2.05, 4.69) is 25.7 Å². The van der Waals surface area contributed by atoms with E-state index in [9.17, 15) is 0 Å². The molecule has 0 aromatic heterocycles. The highest BCUT2D eigenvalue weighted by atomic mass is 16.5. The second-order valence-corrected chi connectivity index (χ2v) is 6.86. The number of morpholine rings is 1. The minimum absolute atomic E-state index is 0.266. The van der Waals surface area contributed by atoms with Crippen molar-refractivity contribution in [3.63, 3.8) is 0 Å². The van der Waals surface area contributed by atoms with Gasteiger partial charge in [-0.15, -0.1) is 0 Å². The van der Waals surface area contributed by atoms with Crippen molar-refractivity contribution in [1.29, 1.82) is 0 Å². The van der Waals surface area contributed by atoms with Gasteiger partial charge in [0, 0.05) is 25.2 Å². The molecule has 19 heavy (non-hydrogen) atoms. The van der Waals surface area contributed by atoms with Crippen LogP contribution in [0.5, 0.6) is 0 Å². The Kier molecular flexibility index (Phi) is 5.27. The summed E-state index contributed by atoms with van der Waals surface area (Å²) in [7, 11) is 0. The Morgan fingerprint density at radius 3 is 2.53 bits per heavy atom. The molecule has 0 amide bonds. The van der Waals surface area contributed by atoms with Gasteiger partial charge in [0.05, 0.1) is 12.7 Å². The Morgan fingerprint density at radius 2 is 2.00 bits per heavy atom. The summed E-state index contributed by atoms with van der Waals surface area (Å²) in [5.41, 5.74) is 6.46. The summed E-state index contributed by atoms with van der Waals surface area (Å²) in [6.07, 6.45) is 6.80. The second kappa shape index (κ2) is 6.55. The number of hydrogen-bond acceptors (Lipinski definition) is 3. The van der Waals surface area contributed by atoms with Gasteiger partial charge in [-0.2, -0.15) is 0 Å². The highest BCUT2D eigenvalue weighted by Gasteiger charge is 2.41. The van der Waals surface area contributed by atoms with Gasteiger partial charge in [-0.1, -0.05) is 20.8 Å². The van der Waals surface area contributed by atoms with Crippen molar-refractivity contribution in [2.24, 2.45) is 17.6 Å². The zero-order chi connectivity index (χ0) is 13.9. The fourth-order valence-corrected chi connectivity index (χ4v) is 3.89. The van der Waals surface area contributed by atoms with Crippen LogP contribution >= 0.6 is 0 Å². The molecule has 2 fully saturated rings. The third kappa shape index (κ3) is 3.32. The van der Waals surface area contributed by atoms with E-state index in [0.717, 1.165) is 44.5 Å². The van der Waals surface area contributed by atoms with Crippen LogP contribution in [0.15, 0.2) is 0 Å². The van der Waals surface area contributed by atoms with Crippen molar-refractivity contribution < 1.29 is 4.74 Å². The minimum atomic E-state index is 0.266. The molecular weight excluding hydrogens is 236 g/mol. The van der Waals surface area contributed by atoms with Crippen molar-refractivity contribution in [3.8, 4) is 0 Å².